The summed E-state index contributed by atoms with van der Waals surface area (Å²) in [6.07, 6.45) is 2.74. The van der Waals surface area contributed by atoms with Gasteiger partial charge < -0.3 is 15.5 Å². The smallest absolute Gasteiger partial charge is 0.347 e. The van der Waals surface area contributed by atoms with Gasteiger partial charge in [0.05, 0.1) is 0 Å². The van der Waals surface area contributed by atoms with E-state index in [0.29, 0.717) is 0 Å². The summed E-state index contributed by atoms with van der Waals surface area (Å²) in [7, 11) is 0. The lowest BCUT2D eigenvalue weighted by atomic mass is 10.2. The van der Waals surface area contributed by atoms with Gasteiger partial charge in [0.1, 0.15) is 17.9 Å². The number of nitrogens with one attached hydrogen (secondary N) is 1. The Balaban J connectivity index is 2.10. The van der Waals surface area contributed by atoms with Gasteiger partial charge in [-0.05, 0) is 18.2 Å². The lowest BCUT2D eigenvalue weighted by molar-refractivity contribution is -0.116. The zero-order valence-electron chi connectivity index (χ0n) is 10.7. The average Bonchev–Trinajstić information content (AvgIpc) is 2.41. The van der Waals surface area contributed by atoms with E-state index in [1.807, 2.05) is 0 Å². The number of carboxylic acid groups (broad SMARTS) is 1. The van der Waals surface area contributed by atoms with Crippen LogP contribution in [0.3, 0.4) is 0 Å². The topological polar surface area (TPSA) is 122 Å². The predicted octanol–water partition coefficient (Wildman–Crippen LogP) is 0.286. The molecule has 0 saturated heterocycles. The van der Waals surface area contributed by atoms with E-state index >= 15 is 0 Å². The van der Waals surface area contributed by atoms with Crippen molar-refractivity contribution in [1.29, 1.82) is 0 Å². The summed E-state index contributed by atoms with van der Waals surface area (Å²) in [5.74, 6) is -2.24. The molecule has 1 aromatic heterocycles. The Kier molecular flexibility index (Phi) is 3.98. The summed E-state index contributed by atoms with van der Waals surface area (Å²) < 4.78 is 1.11. The van der Waals surface area contributed by atoms with Gasteiger partial charge in [0.15, 0.2) is 0 Å². The highest BCUT2D eigenvalue weighted by atomic mass is 16.4. The Hall–Kier alpha value is -3.16. The minimum atomic E-state index is -1.27. The second-order valence-corrected chi connectivity index (χ2v) is 4.12. The van der Waals surface area contributed by atoms with Gasteiger partial charge in [-0.3, -0.25) is 9.36 Å². The van der Waals surface area contributed by atoms with Crippen LogP contribution in [0.15, 0.2) is 41.5 Å². The summed E-state index contributed by atoms with van der Waals surface area (Å²) in [4.78, 5) is 37.4. The van der Waals surface area contributed by atoms with Crippen LogP contribution in [-0.4, -0.2) is 31.6 Å². The van der Waals surface area contributed by atoms with Crippen molar-refractivity contribution in [2.24, 2.45) is 0 Å². The molecule has 0 radical (unpaired) electrons. The largest absolute Gasteiger partial charge is 0.507 e. The third-order valence-corrected chi connectivity index (χ3v) is 2.61. The second kappa shape index (κ2) is 5.87. The van der Waals surface area contributed by atoms with Gasteiger partial charge in [-0.2, -0.15) is 0 Å². The van der Waals surface area contributed by atoms with Crippen molar-refractivity contribution in [1.82, 2.24) is 9.55 Å². The molecule has 2 aromatic rings. The molecule has 0 fully saturated rings. The monoisotopic (exact) mass is 289 g/mol. The van der Waals surface area contributed by atoms with Crippen LogP contribution in [0, 0.1) is 0 Å². The van der Waals surface area contributed by atoms with Gasteiger partial charge in [0, 0.05) is 24.1 Å². The summed E-state index contributed by atoms with van der Waals surface area (Å²) >= 11 is 0. The van der Waals surface area contributed by atoms with Crippen molar-refractivity contribution >= 4 is 17.6 Å². The first-order valence-corrected chi connectivity index (χ1v) is 5.85. The van der Waals surface area contributed by atoms with Crippen molar-refractivity contribution in [2.45, 2.75) is 6.54 Å². The molecule has 0 aliphatic rings. The minimum absolute atomic E-state index is 0.222. The zero-order valence-corrected chi connectivity index (χ0v) is 10.7. The predicted molar refractivity (Wildman–Crippen MR) is 72.2 cm³/mol. The molecule has 0 unspecified atom stereocenters. The summed E-state index contributed by atoms with van der Waals surface area (Å²) in [5.41, 5.74) is -0.604. The van der Waals surface area contributed by atoms with E-state index in [0.717, 1.165) is 10.6 Å². The number of aromatic hydroxyl groups is 1. The van der Waals surface area contributed by atoms with Crippen LogP contribution in [0.2, 0.25) is 0 Å². The number of carbonyl (C=O) groups excluding carboxylic acids is 1. The molecule has 1 amide bonds. The first kappa shape index (κ1) is 14.3. The number of aromatic nitrogens is 2. The fraction of sp³-hybridized carbons (Fsp3) is 0.0769. The van der Waals surface area contributed by atoms with Gasteiger partial charge in [-0.1, -0.05) is 0 Å². The number of hydrogen-bond donors (Lipinski definition) is 3. The number of benzene rings is 1. The minimum Gasteiger partial charge on any atom is -0.507 e. The Bertz CT molecular complexity index is 753. The highest BCUT2D eigenvalue weighted by molar-refractivity contribution is 5.94. The summed E-state index contributed by atoms with van der Waals surface area (Å²) in [6.45, 7) is -0.242. The van der Waals surface area contributed by atoms with E-state index in [4.69, 9.17) is 5.11 Å². The highest BCUT2D eigenvalue weighted by Gasteiger charge is 2.11. The van der Waals surface area contributed by atoms with Crippen LogP contribution < -0.4 is 11.0 Å². The van der Waals surface area contributed by atoms with Crippen LogP contribution >= 0.6 is 0 Å². The Morgan fingerprint density at radius 3 is 2.71 bits per heavy atom. The van der Waals surface area contributed by atoms with Gasteiger partial charge in [-0.15, -0.1) is 0 Å². The van der Waals surface area contributed by atoms with Gasteiger partial charge in [0.2, 0.25) is 5.91 Å². The van der Waals surface area contributed by atoms with Gasteiger partial charge in [-0.25, -0.2) is 14.6 Å². The number of phenols is 1. The number of carbonyl (C=O) groups is 2. The first-order chi connectivity index (χ1) is 9.97. The van der Waals surface area contributed by atoms with Gasteiger partial charge >= 0.3 is 11.7 Å². The van der Waals surface area contributed by atoms with Crippen LogP contribution in [0.25, 0.3) is 0 Å². The molecule has 0 bridgehead atoms. The molecule has 2 rings (SSSR count). The number of aromatic carboxylic acids is 1. The zero-order chi connectivity index (χ0) is 15.4. The normalized spacial score (nSPS) is 10.1. The molecule has 0 saturated carbocycles. The van der Waals surface area contributed by atoms with Crippen LogP contribution in [-0.2, 0) is 11.3 Å². The molecule has 1 heterocycles. The van der Waals surface area contributed by atoms with E-state index in [9.17, 15) is 19.5 Å². The number of carboxylic acids is 1. The second-order valence-electron chi connectivity index (χ2n) is 4.12. The van der Waals surface area contributed by atoms with Crippen molar-refractivity contribution in [3.8, 4) is 5.75 Å². The molecule has 0 aliphatic heterocycles. The Morgan fingerprint density at radius 1 is 1.33 bits per heavy atom. The molecule has 21 heavy (non-hydrogen) atoms. The van der Waals surface area contributed by atoms with Crippen molar-refractivity contribution in [3.63, 3.8) is 0 Å². The summed E-state index contributed by atoms with van der Waals surface area (Å²) in [5, 5.41) is 20.7. The summed E-state index contributed by atoms with van der Waals surface area (Å²) in [6, 6.07) is 5.14. The molecule has 0 aliphatic carbocycles. The molecular formula is C13H11N3O5. The Morgan fingerprint density at radius 2 is 2.10 bits per heavy atom. The van der Waals surface area contributed by atoms with E-state index in [2.05, 4.69) is 10.3 Å². The molecule has 8 nitrogen and oxygen atoms in total. The standard InChI is InChI=1S/C13H11N3O5/c17-10-6-8(2-3-9(10)12(19)20)15-11(18)7-16-5-1-4-14-13(16)21/h1-6,17H,7H2,(H,15,18)(H,19,20). The van der Waals surface area contributed by atoms with Crippen LogP contribution in [0.5, 0.6) is 5.75 Å². The van der Waals surface area contributed by atoms with Gasteiger partial charge in [0.25, 0.3) is 0 Å². The Labute approximate surface area is 118 Å². The molecule has 8 heteroatoms. The fourth-order valence-electron chi connectivity index (χ4n) is 1.65. The number of nitrogens with zero attached hydrogens (tertiary/aromatic N) is 2. The average molecular weight is 289 g/mol. The number of amides is 1. The first-order valence-electron chi connectivity index (χ1n) is 5.85. The SMILES string of the molecule is O=C(Cn1cccnc1=O)Nc1ccc(C(=O)O)c(O)c1. The van der Waals surface area contributed by atoms with Crippen LogP contribution in [0.4, 0.5) is 5.69 Å². The van der Waals surface area contributed by atoms with E-state index < -0.39 is 23.3 Å². The highest BCUT2D eigenvalue weighted by Crippen LogP contribution is 2.21. The van der Waals surface area contributed by atoms with Crippen molar-refractivity contribution < 1.29 is 19.8 Å². The quantitative estimate of drug-likeness (QED) is 0.743. The number of rotatable bonds is 4. The van der Waals surface area contributed by atoms with E-state index in [-0.39, 0.29) is 17.8 Å². The third-order valence-electron chi connectivity index (χ3n) is 2.61. The fourth-order valence-corrected chi connectivity index (χ4v) is 1.65. The van der Waals surface area contributed by atoms with Crippen molar-refractivity contribution in [3.05, 3.63) is 52.7 Å². The van der Waals surface area contributed by atoms with E-state index in [1.165, 1.54) is 30.6 Å². The molecule has 1 aromatic carbocycles. The number of anilines is 1. The maximum absolute atomic E-state index is 11.8. The van der Waals surface area contributed by atoms with Crippen molar-refractivity contribution in [2.75, 3.05) is 5.32 Å². The third kappa shape index (κ3) is 3.44. The molecule has 0 atom stereocenters. The number of hydrogen-bond acceptors (Lipinski definition) is 5. The maximum atomic E-state index is 11.8. The molecule has 3 N–H and O–H groups in total. The molecule has 108 valence electrons. The molecular weight excluding hydrogens is 278 g/mol. The maximum Gasteiger partial charge on any atom is 0.347 e. The molecule has 0 spiro atoms. The lowest BCUT2D eigenvalue weighted by Gasteiger charge is -2.08. The van der Waals surface area contributed by atoms with E-state index in [1.54, 1.807) is 0 Å². The lowest BCUT2D eigenvalue weighted by Crippen LogP contribution is -2.28. The van der Waals surface area contributed by atoms with Crippen LogP contribution in [0.1, 0.15) is 10.4 Å².